The highest BCUT2D eigenvalue weighted by atomic mass is 16.2. The number of amides is 1. The Hall–Kier alpha value is -2.14. The number of benzene rings is 1. The van der Waals surface area contributed by atoms with E-state index in [1.807, 2.05) is 45.0 Å². The van der Waals surface area contributed by atoms with E-state index in [-0.39, 0.29) is 11.3 Å². The predicted octanol–water partition coefficient (Wildman–Crippen LogP) is 2.39. The highest BCUT2D eigenvalue weighted by Crippen LogP contribution is 2.20. The standard InChI is InChI=1S/C15H20N4O/c1-15(2,3)12(16)14(20)19-11-6-4-10(5-7-11)13-17-8-9-18-13/h4-9,12H,16H2,1-3H3,(H,17,18)(H,19,20)/t12-/m1/s1. The van der Waals surface area contributed by atoms with Crippen LogP contribution in [0.15, 0.2) is 36.7 Å². The van der Waals surface area contributed by atoms with Crippen LogP contribution in [0.1, 0.15) is 20.8 Å². The molecule has 0 unspecified atom stereocenters. The number of nitrogens with zero attached hydrogens (tertiary/aromatic N) is 1. The minimum atomic E-state index is -0.549. The van der Waals surface area contributed by atoms with E-state index >= 15 is 0 Å². The first-order valence-electron chi connectivity index (χ1n) is 6.54. The van der Waals surface area contributed by atoms with Crippen molar-refractivity contribution in [1.29, 1.82) is 0 Å². The van der Waals surface area contributed by atoms with E-state index in [9.17, 15) is 4.79 Å². The highest BCUT2D eigenvalue weighted by molar-refractivity contribution is 5.95. The number of carbonyl (C=O) groups excluding carboxylic acids is 1. The number of nitrogens with one attached hydrogen (secondary N) is 2. The maximum atomic E-state index is 12.0. The van der Waals surface area contributed by atoms with E-state index in [0.29, 0.717) is 0 Å². The average Bonchev–Trinajstić information content (AvgIpc) is 2.91. The lowest BCUT2D eigenvalue weighted by atomic mass is 9.87. The first-order chi connectivity index (χ1) is 9.38. The molecule has 2 rings (SSSR count). The second-order valence-electron chi connectivity index (χ2n) is 5.85. The van der Waals surface area contributed by atoms with Crippen molar-refractivity contribution in [2.45, 2.75) is 26.8 Å². The van der Waals surface area contributed by atoms with Gasteiger partial charge in [0, 0.05) is 23.6 Å². The number of hydrogen-bond acceptors (Lipinski definition) is 3. The molecule has 0 saturated heterocycles. The molecule has 4 N–H and O–H groups in total. The zero-order valence-corrected chi connectivity index (χ0v) is 12.0. The van der Waals surface area contributed by atoms with Gasteiger partial charge in [0.05, 0.1) is 6.04 Å². The van der Waals surface area contributed by atoms with Gasteiger partial charge in [0.1, 0.15) is 5.82 Å². The molecule has 1 atom stereocenters. The molecule has 0 aliphatic heterocycles. The SMILES string of the molecule is CC(C)(C)[C@H](N)C(=O)Nc1ccc(-c2ncc[nH]2)cc1. The first kappa shape index (κ1) is 14.3. The maximum Gasteiger partial charge on any atom is 0.241 e. The minimum Gasteiger partial charge on any atom is -0.345 e. The van der Waals surface area contributed by atoms with Crippen LogP contribution in [0.3, 0.4) is 0 Å². The number of anilines is 1. The Morgan fingerprint density at radius 1 is 1.30 bits per heavy atom. The van der Waals surface area contributed by atoms with Gasteiger partial charge in [0.15, 0.2) is 0 Å². The van der Waals surface area contributed by atoms with Gasteiger partial charge in [0.25, 0.3) is 0 Å². The van der Waals surface area contributed by atoms with Crippen LogP contribution in [0.4, 0.5) is 5.69 Å². The first-order valence-corrected chi connectivity index (χ1v) is 6.54. The third-order valence-electron chi connectivity index (χ3n) is 3.14. The molecule has 0 bridgehead atoms. The summed E-state index contributed by atoms with van der Waals surface area (Å²) < 4.78 is 0. The second-order valence-corrected chi connectivity index (χ2v) is 5.85. The van der Waals surface area contributed by atoms with Crippen LogP contribution in [0.2, 0.25) is 0 Å². The molecule has 0 radical (unpaired) electrons. The summed E-state index contributed by atoms with van der Waals surface area (Å²) in [6.45, 7) is 5.83. The Balaban J connectivity index is 2.06. The van der Waals surface area contributed by atoms with Crippen molar-refractivity contribution in [1.82, 2.24) is 9.97 Å². The monoisotopic (exact) mass is 272 g/mol. The van der Waals surface area contributed by atoms with E-state index in [1.165, 1.54) is 0 Å². The fourth-order valence-electron chi connectivity index (χ4n) is 1.75. The number of carbonyl (C=O) groups is 1. The van der Waals surface area contributed by atoms with Crippen molar-refractivity contribution in [2.24, 2.45) is 11.1 Å². The molecule has 2 aromatic rings. The third kappa shape index (κ3) is 3.24. The summed E-state index contributed by atoms with van der Waals surface area (Å²) >= 11 is 0. The fourth-order valence-corrected chi connectivity index (χ4v) is 1.75. The molecule has 0 fully saturated rings. The number of rotatable bonds is 3. The summed E-state index contributed by atoms with van der Waals surface area (Å²) in [5.74, 6) is 0.623. The van der Waals surface area contributed by atoms with Gasteiger partial charge in [-0.15, -0.1) is 0 Å². The van der Waals surface area contributed by atoms with Gasteiger partial charge in [-0.3, -0.25) is 4.79 Å². The van der Waals surface area contributed by atoms with Crippen molar-refractivity contribution < 1.29 is 4.79 Å². The van der Waals surface area contributed by atoms with E-state index in [0.717, 1.165) is 17.1 Å². The van der Waals surface area contributed by atoms with Gasteiger partial charge >= 0.3 is 0 Å². The summed E-state index contributed by atoms with van der Waals surface area (Å²) in [6.07, 6.45) is 3.47. The number of H-pyrrole nitrogens is 1. The number of aromatic nitrogens is 2. The normalized spacial score (nSPS) is 13.0. The van der Waals surface area contributed by atoms with Crippen LogP contribution in [0.25, 0.3) is 11.4 Å². The van der Waals surface area contributed by atoms with Crippen molar-refractivity contribution in [3.8, 4) is 11.4 Å². The van der Waals surface area contributed by atoms with Crippen molar-refractivity contribution in [3.63, 3.8) is 0 Å². The summed E-state index contributed by atoms with van der Waals surface area (Å²) in [5.41, 5.74) is 7.35. The van der Waals surface area contributed by atoms with Gasteiger partial charge in [-0.1, -0.05) is 20.8 Å². The lowest BCUT2D eigenvalue weighted by Gasteiger charge is -2.25. The van der Waals surface area contributed by atoms with Crippen LogP contribution >= 0.6 is 0 Å². The summed E-state index contributed by atoms with van der Waals surface area (Å²) in [5, 5.41) is 2.83. The third-order valence-corrected chi connectivity index (χ3v) is 3.14. The topological polar surface area (TPSA) is 83.8 Å². The van der Waals surface area contributed by atoms with Crippen molar-refractivity contribution >= 4 is 11.6 Å². The predicted molar refractivity (Wildman–Crippen MR) is 80.1 cm³/mol. The Labute approximate surface area is 118 Å². The molecule has 5 nitrogen and oxygen atoms in total. The number of imidazole rings is 1. The molecule has 5 heteroatoms. The Morgan fingerprint density at radius 2 is 1.95 bits per heavy atom. The quantitative estimate of drug-likeness (QED) is 0.802. The largest absolute Gasteiger partial charge is 0.345 e. The Kier molecular flexibility index (Phi) is 3.90. The van der Waals surface area contributed by atoms with Crippen molar-refractivity contribution in [2.75, 3.05) is 5.32 Å². The van der Waals surface area contributed by atoms with E-state index < -0.39 is 6.04 Å². The zero-order valence-electron chi connectivity index (χ0n) is 12.0. The molecule has 0 aliphatic rings. The average molecular weight is 272 g/mol. The second kappa shape index (κ2) is 5.46. The van der Waals surface area contributed by atoms with Gasteiger partial charge in [-0.2, -0.15) is 0 Å². The molecule has 20 heavy (non-hydrogen) atoms. The molecule has 0 aliphatic carbocycles. The maximum absolute atomic E-state index is 12.0. The molecular weight excluding hydrogens is 252 g/mol. The molecule has 0 saturated carbocycles. The van der Waals surface area contributed by atoms with Gasteiger partial charge in [0.2, 0.25) is 5.91 Å². The number of hydrogen-bond donors (Lipinski definition) is 3. The molecule has 106 valence electrons. The van der Waals surface area contributed by atoms with E-state index in [4.69, 9.17) is 5.73 Å². The minimum absolute atomic E-state index is 0.178. The highest BCUT2D eigenvalue weighted by Gasteiger charge is 2.27. The summed E-state index contributed by atoms with van der Waals surface area (Å²) in [7, 11) is 0. The van der Waals surface area contributed by atoms with Gasteiger partial charge < -0.3 is 16.0 Å². The zero-order chi connectivity index (χ0) is 14.8. The van der Waals surface area contributed by atoms with Crippen LogP contribution < -0.4 is 11.1 Å². The number of aromatic amines is 1. The Morgan fingerprint density at radius 3 is 2.45 bits per heavy atom. The molecule has 1 aromatic heterocycles. The molecule has 1 amide bonds. The fraction of sp³-hybridized carbons (Fsp3) is 0.333. The Bertz CT molecular complexity index is 567. The lowest BCUT2D eigenvalue weighted by Crippen LogP contribution is -2.45. The molecule has 1 heterocycles. The van der Waals surface area contributed by atoms with E-state index in [1.54, 1.807) is 12.4 Å². The molecule has 1 aromatic carbocycles. The van der Waals surface area contributed by atoms with Crippen LogP contribution in [0, 0.1) is 5.41 Å². The number of nitrogens with two attached hydrogens (primary N) is 1. The van der Waals surface area contributed by atoms with Crippen LogP contribution in [0.5, 0.6) is 0 Å². The van der Waals surface area contributed by atoms with E-state index in [2.05, 4.69) is 15.3 Å². The smallest absolute Gasteiger partial charge is 0.241 e. The van der Waals surface area contributed by atoms with Gasteiger partial charge in [-0.05, 0) is 29.7 Å². The van der Waals surface area contributed by atoms with Crippen molar-refractivity contribution in [3.05, 3.63) is 36.7 Å². The molecular formula is C15H20N4O. The molecule has 0 spiro atoms. The lowest BCUT2D eigenvalue weighted by molar-refractivity contribution is -0.119. The summed E-state index contributed by atoms with van der Waals surface area (Å²) in [6, 6.07) is 6.93. The summed E-state index contributed by atoms with van der Waals surface area (Å²) in [4.78, 5) is 19.2. The van der Waals surface area contributed by atoms with Crippen LogP contribution in [-0.4, -0.2) is 21.9 Å². The van der Waals surface area contributed by atoms with Gasteiger partial charge in [-0.25, -0.2) is 4.98 Å². The van der Waals surface area contributed by atoms with Crippen LogP contribution in [-0.2, 0) is 4.79 Å².